The lowest BCUT2D eigenvalue weighted by Crippen LogP contribution is -2.60. The van der Waals surface area contributed by atoms with Crippen LogP contribution in [0.15, 0.2) is 0 Å². The Morgan fingerprint density at radius 2 is 1.65 bits per heavy atom. The van der Waals surface area contributed by atoms with E-state index in [-0.39, 0.29) is 30.5 Å². The van der Waals surface area contributed by atoms with E-state index in [1.54, 1.807) is 0 Å². The Hall–Kier alpha value is -0.320. The van der Waals surface area contributed by atoms with Crippen molar-refractivity contribution in [3.05, 3.63) is 0 Å². The lowest BCUT2D eigenvalue weighted by atomic mass is 9.53. The van der Waals surface area contributed by atoms with Crippen LogP contribution >= 0.6 is 12.4 Å². The maximum atomic E-state index is 12.1. The molecule has 0 aromatic carbocycles. The normalized spacial score (nSPS) is 37.5. The molecule has 4 aliphatic rings. The van der Waals surface area contributed by atoms with E-state index in [0.717, 1.165) is 17.8 Å². The van der Waals surface area contributed by atoms with Gasteiger partial charge in [0.1, 0.15) is 0 Å². The molecule has 0 unspecified atom stereocenters. The zero-order chi connectivity index (χ0) is 13.3. The maximum Gasteiger partial charge on any atom is 0.234 e. The van der Waals surface area contributed by atoms with Crippen molar-refractivity contribution < 1.29 is 9.90 Å². The molecule has 4 saturated carbocycles. The van der Waals surface area contributed by atoms with E-state index in [0.29, 0.717) is 19.5 Å². The summed E-state index contributed by atoms with van der Waals surface area (Å²) in [6, 6.07) is 0. The van der Waals surface area contributed by atoms with Crippen LogP contribution in [0.3, 0.4) is 0 Å². The van der Waals surface area contributed by atoms with Crippen molar-refractivity contribution in [1.82, 2.24) is 10.6 Å². The summed E-state index contributed by atoms with van der Waals surface area (Å²) in [6.07, 6.45) is 8.56. The number of hydrogen-bond donors (Lipinski definition) is 3. The molecule has 0 aromatic rings. The van der Waals surface area contributed by atoms with Crippen molar-refractivity contribution in [1.29, 1.82) is 0 Å². The van der Waals surface area contributed by atoms with Crippen molar-refractivity contribution in [2.75, 3.05) is 19.7 Å². The fourth-order valence-electron chi connectivity index (χ4n) is 5.01. The fourth-order valence-corrected chi connectivity index (χ4v) is 5.01. The highest BCUT2D eigenvalue weighted by molar-refractivity contribution is 5.85. The van der Waals surface area contributed by atoms with Crippen LogP contribution in [0.4, 0.5) is 0 Å². The molecule has 3 N–H and O–H groups in total. The summed E-state index contributed by atoms with van der Waals surface area (Å²) in [4.78, 5) is 12.1. The van der Waals surface area contributed by atoms with Gasteiger partial charge >= 0.3 is 0 Å². The van der Waals surface area contributed by atoms with E-state index in [2.05, 4.69) is 10.6 Å². The molecule has 0 radical (unpaired) electrons. The van der Waals surface area contributed by atoms with Gasteiger partial charge in [-0.15, -0.1) is 12.4 Å². The first-order valence-electron chi connectivity index (χ1n) is 7.82. The standard InChI is InChI=1S/C15H26N2O2.ClH/c18-3-1-2-16-10-14(19)17-15-7-11-4-12(8-15)6-13(5-11)9-15;/h11-13,16,18H,1-10H2,(H,17,19);1H. The van der Waals surface area contributed by atoms with E-state index < -0.39 is 0 Å². The van der Waals surface area contributed by atoms with Crippen LogP contribution in [0.5, 0.6) is 0 Å². The second kappa shape index (κ2) is 6.63. The molecule has 0 saturated heterocycles. The Kier molecular flexibility index (Phi) is 5.32. The van der Waals surface area contributed by atoms with Gasteiger partial charge in [0, 0.05) is 12.1 Å². The van der Waals surface area contributed by atoms with Gasteiger partial charge in [-0.1, -0.05) is 0 Å². The Labute approximate surface area is 127 Å². The van der Waals surface area contributed by atoms with Crippen molar-refractivity contribution in [3.63, 3.8) is 0 Å². The number of halogens is 1. The quantitative estimate of drug-likeness (QED) is 0.651. The second-order valence-corrected chi connectivity index (χ2v) is 7.00. The molecule has 4 nitrogen and oxygen atoms in total. The highest BCUT2D eigenvalue weighted by Gasteiger charge is 2.51. The van der Waals surface area contributed by atoms with Crippen LogP contribution < -0.4 is 10.6 Å². The first kappa shape index (κ1) is 16.1. The van der Waals surface area contributed by atoms with Gasteiger partial charge in [0.25, 0.3) is 0 Å². The van der Waals surface area contributed by atoms with Gasteiger partial charge in [0.05, 0.1) is 6.54 Å². The van der Waals surface area contributed by atoms with Crippen LogP contribution in [0.25, 0.3) is 0 Å². The van der Waals surface area contributed by atoms with Gasteiger partial charge < -0.3 is 15.7 Å². The summed E-state index contributed by atoms with van der Waals surface area (Å²) in [5, 5.41) is 15.1. The van der Waals surface area contributed by atoms with Gasteiger partial charge in [-0.25, -0.2) is 0 Å². The summed E-state index contributed by atoms with van der Waals surface area (Å²) in [5.74, 6) is 2.75. The fraction of sp³-hybridized carbons (Fsp3) is 0.933. The molecule has 0 atom stereocenters. The predicted octanol–water partition coefficient (Wildman–Crippen LogP) is 1.47. The van der Waals surface area contributed by atoms with E-state index in [9.17, 15) is 4.79 Å². The van der Waals surface area contributed by atoms with Crippen LogP contribution in [0, 0.1) is 17.8 Å². The van der Waals surface area contributed by atoms with Gasteiger partial charge in [-0.3, -0.25) is 4.79 Å². The molecule has 0 aromatic heterocycles. The number of rotatable bonds is 6. The minimum Gasteiger partial charge on any atom is -0.396 e. The molecule has 4 bridgehead atoms. The molecule has 4 rings (SSSR count). The van der Waals surface area contributed by atoms with Crippen LogP contribution in [0.1, 0.15) is 44.9 Å². The molecule has 1 amide bonds. The number of amides is 1. The average molecular weight is 303 g/mol. The third kappa shape index (κ3) is 3.46. The van der Waals surface area contributed by atoms with Crippen molar-refractivity contribution >= 4 is 18.3 Å². The van der Waals surface area contributed by atoms with E-state index in [1.807, 2.05) is 0 Å². The molecule has 20 heavy (non-hydrogen) atoms. The number of nitrogens with one attached hydrogen (secondary N) is 2. The third-order valence-corrected chi connectivity index (χ3v) is 5.24. The largest absolute Gasteiger partial charge is 0.396 e. The second-order valence-electron chi connectivity index (χ2n) is 7.00. The smallest absolute Gasteiger partial charge is 0.234 e. The number of aliphatic hydroxyl groups excluding tert-OH is 1. The van der Waals surface area contributed by atoms with Crippen LogP contribution in [-0.4, -0.2) is 36.2 Å². The summed E-state index contributed by atoms with van der Waals surface area (Å²) < 4.78 is 0. The number of carbonyl (C=O) groups excluding carboxylic acids is 1. The Morgan fingerprint density at radius 1 is 1.10 bits per heavy atom. The molecule has 4 fully saturated rings. The van der Waals surface area contributed by atoms with Gasteiger partial charge in [0.2, 0.25) is 5.91 Å². The topological polar surface area (TPSA) is 61.4 Å². The zero-order valence-electron chi connectivity index (χ0n) is 12.1. The molecule has 116 valence electrons. The molecular formula is C15H27ClN2O2. The minimum absolute atomic E-state index is 0. The molecular weight excluding hydrogens is 276 g/mol. The monoisotopic (exact) mass is 302 g/mol. The third-order valence-electron chi connectivity index (χ3n) is 5.24. The molecule has 4 aliphatic carbocycles. The molecule has 0 heterocycles. The maximum absolute atomic E-state index is 12.1. The lowest BCUT2D eigenvalue weighted by Gasteiger charge is -2.56. The van der Waals surface area contributed by atoms with Gasteiger partial charge in [-0.2, -0.15) is 0 Å². The van der Waals surface area contributed by atoms with E-state index in [4.69, 9.17) is 5.11 Å². The minimum atomic E-state index is 0. The zero-order valence-corrected chi connectivity index (χ0v) is 12.9. The highest BCUT2D eigenvalue weighted by atomic mass is 35.5. The Bertz CT molecular complexity index is 313. The molecule has 0 spiro atoms. The van der Waals surface area contributed by atoms with Crippen molar-refractivity contribution in [2.24, 2.45) is 17.8 Å². The van der Waals surface area contributed by atoms with Crippen molar-refractivity contribution in [3.8, 4) is 0 Å². The predicted molar refractivity (Wildman–Crippen MR) is 80.9 cm³/mol. The summed E-state index contributed by atoms with van der Waals surface area (Å²) in [7, 11) is 0. The van der Waals surface area contributed by atoms with Gasteiger partial charge in [-0.05, 0) is 69.2 Å². The van der Waals surface area contributed by atoms with Crippen LogP contribution in [-0.2, 0) is 4.79 Å². The summed E-state index contributed by atoms with van der Waals surface area (Å²) in [5.41, 5.74) is 0.129. The first-order valence-corrected chi connectivity index (χ1v) is 7.82. The van der Waals surface area contributed by atoms with E-state index >= 15 is 0 Å². The highest BCUT2D eigenvalue weighted by Crippen LogP contribution is 2.55. The van der Waals surface area contributed by atoms with E-state index in [1.165, 1.54) is 38.5 Å². The summed E-state index contributed by atoms with van der Waals surface area (Å²) in [6.45, 7) is 1.29. The number of aliphatic hydroxyl groups is 1. The SMILES string of the molecule is Cl.O=C(CNCCCO)NC12CC3CC(CC(C3)C1)C2. The van der Waals surface area contributed by atoms with Crippen LogP contribution in [0.2, 0.25) is 0 Å². The molecule has 5 heteroatoms. The average Bonchev–Trinajstić information content (AvgIpc) is 2.32. The van der Waals surface area contributed by atoms with Crippen molar-refractivity contribution in [2.45, 2.75) is 50.5 Å². The lowest BCUT2D eigenvalue weighted by molar-refractivity contribution is -0.126. The summed E-state index contributed by atoms with van der Waals surface area (Å²) >= 11 is 0. The Morgan fingerprint density at radius 3 is 2.15 bits per heavy atom. The first-order chi connectivity index (χ1) is 9.19. The Balaban J connectivity index is 0.00000147. The van der Waals surface area contributed by atoms with Gasteiger partial charge in [0.15, 0.2) is 0 Å². The number of hydrogen-bond acceptors (Lipinski definition) is 3. The molecule has 0 aliphatic heterocycles. The number of carbonyl (C=O) groups is 1.